The highest BCUT2D eigenvalue weighted by Crippen LogP contribution is 2.19. The first-order valence-electron chi connectivity index (χ1n) is 7.66. The maximum Gasteiger partial charge on any atom is 0.194 e. The predicted molar refractivity (Wildman–Crippen MR) is 84.6 cm³/mol. The number of likely N-dealkylation sites (tertiary alicyclic amines) is 1. The van der Waals surface area contributed by atoms with Crippen molar-refractivity contribution in [3.63, 3.8) is 0 Å². The molecule has 1 fully saturated rings. The number of aliphatic imine (C=N–C) groups is 1. The van der Waals surface area contributed by atoms with Crippen LogP contribution in [0.15, 0.2) is 29.3 Å². The lowest BCUT2D eigenvalue weighted by molar-refractivity contribution is 0.188. The normalized spacial score (nSPS) is 18.9. The van der Waals surface area contributed by atoms with Gasteiger partial charge in [-0.2, -0.15) is 0 Å². The topological polar surface area (TPSA) is 57.1 Å². The van der Waals surface area contributed by atoms with Gasteiger partial charge in [0.1, 0.15) is 5.75 Å². The minimum absolute atomic E-state index is 0.246. The Morgan fingerprint density at radius 2 is 2.24 bits per heavy atom. The maximum absolute atomic E-state index is 9.67. The van der Waals surface area contributed by atoms with Gasteiger partial charge in [0.05, 0.1) is 19.3 Å². The van der Waals surface area contributed by atoms with Gasteiger partial charge in [-0.3, -0.25) is 0 Å². The summed E-state index contributed by atoms with van der Waals surface area (Å²) in [6.07, 6.45) is 0.560. The first-order chi connectivity index (χ1) is 10.2. The van der Waals surface area contributed by atoms with Gasteiger partial charge in [0.25, 0.3) is 0 Å². The van der Waals surface area contributed by atoms with Crippen LogP contribution in [0.3, 0.4) is 0 Å². The minimum atomic E-state index is -0.246. The maximum atomic E-state index is 9.67. The van der Waals surface area contributed by atoms with Crippen LogP contribution in [0.5, 0.6) is 5.75 Å². The number of guanidine groups is 1. The van der Waals surface area contributed by atoms with E-state index >= 15 is 0 Å². The molecule has 0 saturated carbocycles. The van der Waals surface area contributed by atoms with Crippen molar-refractivity contribution in [3.8, 4) is 5.75 Å². The van der Waals surface area contributed by atoms with Crippen LogP contribution in [0.25, 0.3) is 0 Å². The Hall–Kier alpha value is -1.75. The van der Waals surface area contributed by atoms with Crippen molar-refractivity contribution in [2.45, 2.75) is 32.9 Å². The summed E-state index contributed by atoms with van der Waals surface area (Å²) in [5.74, 6) is 1.75. The molecule has 5 nitrogen and oxygen atoms in total. The summed E-state index contributed by atoms with van der Waals surface area (Å²) in [6.45, 7) is 7.58. The van der Waals surface area contributed by atoms with Crippen molar-refractivity contribution in [1.82, 2.24) is 10.2 Å². The van der Waals surface area contributed by atoms with E-state index in [-0.39, 0.29) is 6.10 Å². The lowest BCUT2D eigenvalue weighted by Gasteiger charge is -2.21. The van der Waals surface area contributed by atoms with Crippen molar-refractivity contribution >= 4 is 5.96 Å². The molecule has 0 unspecified atom stereocenters. The molecule has 1 aliphatic heterocycles. The van der Waals surface area contributed by atoms with Gasteiger partial charge >= 0.3 is 0 Å². The molecule has 1 saturated heterocycles. The molecule has 0 amide bonds. The van der Waals surface area contributed by atoms with E-state index in [2.05, 4.69) is 22.1 Å². The lowest BCUT2D eigenvalue weighted by atomic mass is 10.2. The zero-order valence-corrected chi connectivity index (χ0v) is 12.9. The average molecular weight is 291 g/mol. The molecule has 116 valence electrons. The summed E-state index contributed by atoms with van der Waals surface area (Å²) in [5, 5.41) is 13.0. The fourth-order valence-electron chi connectivity index (χ4n) is 2.45. The molecule has 0 radical (unpaired) electrons. The number of hydrogen-bond donors (Lipinski definition) is 2. The fraction of sp³-hybridized carbons (Fsp3) is 0.562. The van der Waals surface area contributed by atoms with E-state index in [0.717, 1.165) is 36.8 Å². The number of aliphatic hydroxyl groups excluding tert-OH is 1. The zero-order valence-electron chi connectivity index (χ0n) is 12.9. The molecule has 1 aliphatic rings. The van der Waals surface area contributed by atoms with Gasteiger partial charge < -0.3 is 20.1 Å². The Bertz CT molecular complexity index is 476. The summed E-state index contributed by atoms with van der Waals surface area (Å²) in [5.41, 5.74) is 1.08. The van der Waals surface area contributed by atoms with Gasteiger partial charge in [-0.05, 0) is 26.3 Å². The summed E-state index contributed by atoms with van der Waals surface area (Å²) < 4.78 is 5.63. The van der Waals surface area contributed by atoms with Gasteiger partial charge in [0, 0.05) is 25.2 Å². The van der Waals surface area contributed by atoms with Crippen LogP contribution in [-0.4, -0.2) is 48.3 Å². The number of β-amino-alcohol motifs (C(OH)–C–C–N with tert-alkyl or cyclic N) is 1. The Morgan fingerprint density at radius 1 is 1.43 bits per heavy atom. The van der Waals surface area contributed by atoms with Gasteiger partial charge in [-0.25, -0.2) is 4.99 Å². The van der Waals surface area contributed by atoms with E-state index in [1.165, 1.54) is 0 Å². The van der Waals surface area contributed by atoms with E-state index in [0.29, 0.717) is 19.7 Å². The van der Waals surface area contributed by atoms with Crippen LogP contribution < -0.4 is 10.1 Å². The number of nitrogens with one attached hydrogen (secondary N) is 1. The third kappa shape index (κ3) is 4.36. The van der Waals surface area contributed by atoms with E-state index in [9.17, 15) is 5.11 Å². The molecule has 1 aromatic carbocycles. The first-order valence-corrected chi connectivity index (χ1v) is 7.66. The van der Waals surface area contributed by atoms with E-state index < -0.39 is 0 Å². The van der Waals surface area contributed by atoms with Gasteiger partial charge in [0.2, 0.25) is 0 Å². The quantitative estimate of drug-likeness (QED) is 0.639. The molecule has 0 aliphatic carbocycles. The molecule has 5 heteroatoms. The van der Waals surface area contributed by atoms with Gasteiger partial charge in [0.15, 0.2) is 5.96 Å². The molecular formula is C16H25N3O2. The van der Waals surface area contributed by atoms with Crippen molar-refractivity contribution in [3.05, 3.63) is 29.8 Å². The molecule has 21 heavy (non-hydrogen) atoms. The monoisotopic (exact) mass is 291 g/mol. The standard InChI is InChI=1S/C16H25N3O2/c1-3-17-16(19-10-9-14(20)12-19)18-11-13-7-5-6-8-15(13)21-4-2/h5-8,14,20H,3-4,9-12H2,1-2H3,(H,17,18)/t14-/m1/s1. The van der Waals surface area contributed by atoms with Gasteiger partial charge in [-0.15, -0.1) is 0 Å². The lowest BCUT2D eigenvalue weighted by Crippen LogP contribution is -2.40. The zero-order chi connectivity index (χ0) is 15.1. The predicted octanol–water partition coefficient (Wildman–Crippen LogP) is 1.62. The van der Waals surface area contributed by atoms with Crippen LogP contribution in [0.4, 0.5) is 0 Å². The van der Waals surface area contributed by atoms with Gasteiger partial charge in [-0.1, -0.05) is 18.2 Å². The molecular weight excluding hydrogens is 266 g/mol. The number of para-hydroxylation sites is 1. The second-order valence-electron chi connectivity index (χ2n) is 5.10. The van der Waals surface area contributed by atoms with E-state index in [4.69, 9.17) is 4.74 Å². The van der Waals surface area contributed by atoms with Crippen molar-refractivity contribution < 1.29 is 9.84 Å². The smallest absolute Gasteiger partial charge is 0.194 e. The van der Waals surface area contributed by atoms with Crippen molar-refractivity contribution in [2.75, 3.05) is 26.2 Å². The SMILES string of the molecule is CCNC(=NCc1ccccc1OCC)N1CC[C@@H](O)C1. The largest absolute Gasteiger partial charge is 0.494 e. The highest BCUT2D eigenvalue weighted by molar-refractivity contribution is 5.80. The van der Waals surface area contributed by atoms with Crippen LogP contribution in [0.1, 0.15) is 25.8 Å². The van der Waals surface area contributed by atoms with E-state index in [1.807, 2.05) is 31.2 Å². The fourth-order valence-corrected chi connectivity index (χ4v) is 2.45. The van der Waals surface area contributed by atoms with Crippen LogP contribution in [0.2, 0.25) is 0 Å². The number of ether oxygens (including phenoxy) is 1. The number of nitrogens with zero attached hydrogens (tertiary/aromatic N) is 2. The first kappa shape index (κ1) is 15.6. The number of hydrogen-bond acceptors (Lipinski definition) is 3. The Labute approximate surface area is 126 Å². The molecule has 1 aromatic rings. The third-order valence-corrected chi connectivity index (χ3v) is 3.47. The Morgan fingerprint density at radius 3 is 2.90 bits per heavy atom. The minimum Gasteiger partial charge on any atom is -0.494 e. The van der Waals surface area contributed by atoms with Crippen molar-refractivity contribution in [1.29, 1.82) is 0 Å². The van der Waals surface area contributed by atoms with Crippen molar-refractivity contribution in [2.24, 2.45) is 4.99 Å². The van der Waals surface area contributed by atoms with Crippen LogP contribution in [-0.2, 0) is 6.54 Å². The molecule has 1 heterocycles. The summed E-state index contributed by atoms with van der Waals surface area (Å²) in [7, 11) is 0. The third-order valence-electron chi connectivity index (χ3n) is 3.47. The number of benzene rings is 1. The highest BCUT2D eigenvalue weighted by Gasteiger charge is 2.22. The molecule has 0 spiro atoms. The summed E-state index contributed by atoms with van der Waals surface area (Å²) in [4.78, 5) is 6.79. The number of rotatable bonds is 5. The molecule has 2 rings (SSSR count). The molecule has 2 N–H and O–H groups in total. The van der Waals surface area contributed by atoms with Crippen LogP contribution in [0, 0.1) is 0 Å². The molecule has 0 bridgehead atoms. The van der Waals surface area contributed by atoms with Crippen LogP contribution >= 0.6 is 0 Å². The Balaban J connectivity index is 2.08. The highest BCUT2D eigenvalue weighted by atomic mass is 16.5. The molecule has 0 aromatic heterocycles. The summed E-state index contributed by atoms with van der Waals surface area (Å²) >= 11 is 0. The van der Waals surface area contributed by atoms with E-state index in [1.54, 1.807) is 0 Å². The number of aliphatic hydroxyl groups is 1. The average Bonchev–Trinajstić information content (AvgIpc) is 2.91. The molecule has 1 atom stereocenters. The summed E-state index contributed by atoms with van der Waals surface area (Å²) in [6, 6.07) is 7.98. The second kappa shape index (κ2) is 7.88. The Kier molecular flexibility index (Phi) is 5.87. The second-order valence-corrected chi connectivity index (χ2v) is 5.10.